The summed E-state index contributed by atoms with van der Waals surface area (Å²) in [4.78, 5) is 9.50. The summed E-state index contributed by atoms with van der Waals surface area (Å²) in [6.07, 6.45) is 12.3. The van der Waals surface area contributed by atoms with E-state index in [0.717, 1.165) is 38.8 Å². The lowest BCUT2D eigenvalue weighted by Crippen LogP contribution is -2.62. The van der Waals surface area contributed by atoms with Crippen molar-refractivity contribution >= 4 is 12.7 Å². The maximum Gasteiger partial charge on any atom is 0.0819 e. The van der Waals surface area contributed by atoms with E-state index in [4.69, 9.17) is 11.1 Å². The molecule has 2 fully saturated rings. The van der Waals surface area contributed by atoms with Crippen molar-refractivity contribution in [1.29, 1.82) is 5.41 Å². The summed E-state index contributed by atoms with van der Waals surface area (Å²) in [7, 11) is 0. The van der Waals surface area contributed by atoms with E-state index >= 15 is 0 Å². The first kappa shape index (κ1) is 27.1. The summed E-state index contributed by atoms with van der Waals surface area (Å²) in [5.41, 5.74) is 6.11. The zero-order valence-corrected chi connectivity index (χ0v) is 22.3. The Hall–Kier alpha value is -1.14. The van der Waals surface area contributed by atoms with Crippen molar-refractivity contribution in [2.75, 3.05) is 13.1 Å². The first-order valence-corrected chi connectivity index (χ1v) is 12.8. The second-order valence-corrected chi connectivity index (χ2v) is 12.9. The predicted octanol–water partition coefficient (Wildman–Crippen LogP) is 4.77. The van der Waals surface area contributed by atoms with Gasteiger partial charge in [-0.15, -0.1) is 0 Å². The molecule has 2 rings (SSSR count). The second-order valence-electron chi connectivity index (χ2n) is 12.9. The maximum atomic E-state index is 8.00. The van der Waals surface area contributed by atoms with Crippen LogP contribution in [0, 0.1) is 5.41 Å². The van der Waals surface area contributed by atoms with E-state index in [1.165, 1.54) is 32.0 Å². The van der Waals surface area contributed by atoms with Gasteiger partial charge in [-0.25, -0.2) is 0 Å². The van der Waals surface area contributed by atoms with Crippen molar-refractivity contribution in [2.24, 2.45) is 10.7 Å². The molecule has 2 aliphatic rings. The lowest BCUT2D eigenvalue weighted by molar-refractivity contribution is -0.0351. The number of unbranched alkanes of at least 4 members (excludes halogenated alkanes) is 3. The van der Waals surface area contributed by atoms with Gasteiger partial charge < -0.3 is 16.0 Å². The summed E-state index contributed by atoms with van der Waals surface area (Å²) in [5, 5.41) is 11.8. The van der Waals surface area contributed by atoms with Gasteiger partial charge in [-0.3, -0.25) is 15.3 Å². The highest BCUT2D eigenvalue weighted by atomic mass is 15.3. The summed E-state index contributed by atoms with van der Waals surface area (Å²) in [6, 6.07) is 0.788. The topological polar surface area (TPSA) is 80.7 Å². The molecule has 0 aromatic rings. The molecule has 0 amide bonds. The summed E-state index contributed by atoms with van der Waals surface area (Å²) < 4.78 is 0. The predicted molar refractivity (Wildman–Crippen MR) is 139 cm³/mol. The molecule has 0 unspecified atom stereocenters. The fraction of sp³-hybridized carbons (Fsp3) is 0.923. The van der Waals surface area contributed by atoms with E-state index in [2.05, 4.69) is 75.5 Å². The molecule has 6 nitrogen and oxygen atoms in total. The van der Waals surface area contributed by atoms with Crippen LogP contribution in [-0.2, 0) is 0 Å². The Bertz CT molecular complexity index is 602. The van der Waals surface area contributed by atoms with Gasteiger partial charge in [0.2, 0.25) is 0 Å². The number of nitrogens with zero attached hydrogens (tertiary/aromatic N) is 3. The van der Waals surface area contributed by atoms with Crippen LogP contribution in [0.3, 0.4) is 0 Å². The molecule has 0 spiro atoms. The third-order valence-corrected chi connectivity index (χ3v) is 7.58. The highest BCUT2D eigenvalue weighted by Crippen LogP contribution is 2.39. The standard InChI is InChI=1S/C26H52N6/c1-23(2)17-22(18-24(3,4)30-23)31(20-28)13-11-9-10-12-14-32-25(5,6)15-21(29-19-27)16-26(32,7)8/h19-22,28,30H,9-18H2,1-8H3,(H2,27,29). The molecule has 2 saturated heterocycles. The van der Waals surface area contributed by atoms with Crippen LogP contribution in [0.2, 0.25) is 0 Å². The van der Waals surface area contributed by atoms with Gasteiger partial charge in [0.1, 0.15) is 0 Å². The van der Waals surface area contributed by atoms with Crippen LogP contribution in [0.5, 0.6) is 0 Å². The fourth-order valence-corrected chi connectivity index (χ4v) is 6.87. The van der Waals surface area contributed by atoms with Gasteiger partial charge in [-0.05, 0) is 100 Å². The average molecular weight is 449 g/mol. The number of hydrogen-bond acceptors (Lipinski definition) is 4. The number of nitrogens with two attached hydrogens (primary N) is 1. The molecule has 0 bridgehead atoms. The Morgan fingerprint density at radius 2 is 1.44 bits per heavy atom. The fourth-order valence-electron chi connectivity index (χ4n) is 6.87. The van der Waals surface area contributed by atoms with E-state index in [0.29, 0.717) is 12.1 Å². The molecule has 0 aromatic heterocycles. The van der Waals surface area contributed by atoms with Crippen LogP contribution in [-0.4, -0.2) is 69.8 Å². The lowest BCUT2D eigenvalue weighted by Gasteiger charge is -2.54. The van der Waals surface area contributed by atoms with Crippen LogP contribution in [0.4, 0.5) is 0 Å². The lowest BCUT2D eigenvalue weighted by atomic mass is 9.77. The molecule has 0 atom stereocenters. The van der Waals surface area contributed by atoms with Crippen molar-refractivity contribution in [3.8, 4) is 0 Å². The largest absolute Gasteiger partial charge is 0.390 e. The summed E-state index contributed by atoms with van der Waals surface area (Å²) in [6.45, 7) is 20.7. The Labute approximate surface area is 198 Å². The van der Waals surface area contributed by atoms with Crippen molar-refractivity contribution in [3.63, 3.8) is 0 Å². The normalized spacial score (nSPS) is 25.8. The molecule has 32 heavy (non-hydrogen) atoms. The molecule has 4 N–H and O–H groups in total. The zero-order valence-electron chi connectivity index (χ0n) is 22.3. The van der Waals surface area contributed by atoms with Crippen molar-refractivity contribution in [1.82, 2.24) is 15.1 Å². The minimum atomic E-state index is 0.121. The van der Waals surface area contributed by atoms with Crippen LogP contribution < -0.4 is 11.1 Å². The van der Waals surface area contributed by atoms with Crippen molar-refractivity contribution in [3.05, 3.63) is 0 Å². The second kappa shape index (κ2) is 10.4. The minimum absolute atomic E-state index is 0.121. The number of likely N-dealkylation sites (tertiary alicyclic amines) is 1. The molecule has 0 aromatic carbocycles. The Balaban J connectivity index is 1.78. The monoisotopic (exact) mass is 448 g/mol. The molecule has 6 heteroatoms. The molecular weight excluding hydrogens is 396 g/mol. The van der Waals surface area contributed by atoms with Gasteiger partial charge in [-0.2, -0.15) is 0 Å². The highest BCUT2D eigenvalue weighted by Gasteiger charge is 2.44. The van der Waals surface area contributed by atoms with Gasteiger partial charge in [0.25, 0.3) is 0 Å². The Morgan fingerprint density at radius 3 is 1.94 bits per heavy atom. The number of rotatable bonds is 10. The minimum Gasteiger partial charge on any atom is -0.390 e. The number of aliphatic imine (C=N–C) groups is 1. The average Bonchev–Trinajstić information content (AvgIpc) is 2.59. The van der Waals surface area contributed by atoms with Gasteiger partial charge in [0.05, 0.1) is 18.7 Å². The summed E-state index contributed by atoms with van der Waals surface area (Å²) >= 11 is 0. The van der Waals surface area contributed by atoms with E-state index in [1.54, 1.807) is 6.34 Å². The molecule has 0 saturated carbocycles. The molecule has 2 heterocycles. The molecule has 186 valence electrons. The smallest absolute Gasteiger partial charge is 0.0819 e. The third kappa shape index (κ3) is 7.44. The van der Waals surface area contributed by atoms with E-state index in [9.17, 15) is 0 Å². The van der Waals surface area contributed by atoms with Crippen LogP contribution >= 0.6 is 0 Å². The van der Waals surface area contributed by atoms with E-state index in [-0.39, 0.29) is 22.2 Å². The third-order valence-electron chi connectivity index (χ3n) is 7.58. The molecule has 0 radical (unpaired) electrons. The maximum absolute atomic E-state index is 8.00. The number of nitrogens with one attached hydrogen (secondary N) is 2. The molecule has 0 aliphatic carbocycles. The zero-order chi connectivity index (χ0) is 24.2. The van der Waals surface area contributed by atoms with Crippen molar-refractivity contribution in [2.45, 2.75) is 141 Å². The van der Waals surface area contributed by atoms with Gasteiger partial charge in [-0.1, -0.05) is 12.8 Å². The first-order chi connectivity index (χ1) is 14.7. The van der Waals surface area contributed by atoms with E-state index < -0.39 is 0 Å². The van der Waals surface area contributed by atoms with Crippen LogP contribution in [0.15, 0.2) is 4.99 Å². The molecular formula is C26H52N6. The SMILES string of the molecule is CC1(C)CC(N(C=N)CCCCCCN2C(C)(C)CC(N=CN)CC2(C)C)CC(C)(C)N1. The Kier molecular flexibility index (Phi) is 8.82. The quantitative estimate of drug-likeness (QED) is 0.255. The van der Waals surface area contributed by atoms with Gasteiger partial charge in [0.15, 0.2) is 0 Å². The number of hydrogen-bond donors (Lipinski definition) is 3. The van der Waals surface area contributed by atoms with Gasteiger partial charge in [0, 0.05) is 34.7 Å². The molecule has 2 aliphatic heterocycles. The Morgan fingerprint density at radius 1 is 0.906 bits per heavy atom. The van der Waals surface area contributed by atoms with Crippen LogP contribution in [0.1, 0.15) is 107 Å². The van der Waals surface area contributed by atoms with Crippen molar-refractivity contribution < 1.29 is 0 Å². The number of piperidine rings is 2. The van der Waals surface area contributed by atoms with Gasteiger partial charge >= 0.3 is 0 Å². The first-order valence-electron chi connectivity index (χ1n) is 12.8. The summed E-state index contributed by atoms with van der Waals surface area (Å²) in [5.74, 6) is 0. The van der Waals surface area contributed by atoms with E-state index in [1.807, 2.05) is 0 Å². The highest BCUT2D eigenvalue weighted by molar-refractivity contribution is 5.51. The van der Waals surface area contributed by atoms with Crippen LogP contribution in [0.25, 0.3) is 0 Å².